The maximum absolute atomic E-state index is 13.0. The average molecular weight is 503 g/mol. The lowest BCUT2D eigenvalue weighted by molar-refractivity contribution is -0.138. The van der Waals surface area contributed by atoms with Crippen molar-refractivity contribution in [1.29, 1.82) is 5.26 Å². The lowest BCUT2D eigenvalue weighted by Gasteiger charge is -2.13. The second-order valence-electron chi connectivity index (χ2n) is 7.36. The van der Waals surface area contributed by atoms with Gasteiger partial charge < -0.3 is 10.6 Å². The van der Waals surface area contributed by atoms with Gasteiger partial charge in [0, 0.05) is 11.4 Å². The number of nitriles is 1. The van der Waals surface area contributed by atoms with E-state index in [-0.39, 0.29) is 22.5 Å². The SMILES string of the molecule is N#Cc1ccc(C=C(C(=O)Nc2cccc(C(F)(F)F)c2)C(=O)Nc2cccc(C(F)(F)F)c2)cc1. The number of carbonyl (C=O) groups is 2. The minimum atomic E-state index is -4.68. The predicted octanol–water partition coefficient (Wildman–Crippen LogP) is 6.26. The fraction of sp³-hybridized carbons (Fsp3) is 0.0800. The number of nitrogens with zero attached hydrogens (tertiary/aromatic N) is 1. The average Bonchev–Trinajstić information content (AvgIpc) is 2.82. The Balaban J connectivity index is 1.95. The minimum Gasteiger partial charge on any atom is -0.322 e. The van der Waals surface area contributed by atoms with Crippen molar-refractivity contribution in [3.8, 4) is 6.07 Å². The Morgan fingerprint density at radius 1 is 0.722 bits per heavy atom. The first-order valence-corrected chi connectivity index (χ1v) is 10.1. The van der Waals surface area contributed by atoms with E-state index in [1.807, 2.05) is 6.07 Å². The highest BCUT2D eigenvalue weighted by Gasteiger charge is 2.32. The summed E-state index contributed by atoms with van der Waals surface area (Å²) in [5.74, 6) is -2.22. The molecule has 0 fully saturated rings. The van der Waals surface area contributed by atoms with E-state index >= 15 is 0 Å². The number of benzene rings is 3. The normalized spacial score (nSPS) is 11.2. The monoisotopic (exact) mass is 503 g/mol. The number of hydrogen-bond donors (Lipinski definition) is 2. The molecule has 2 N–H and O–H groups in total. The van der Waals surface area contributed by atoms with Crippen molar-refractivity contribution in [3.63, 3.8) is 0 Å². The summed E-state index contributed by atoms with van der Waals surface area (Å²) in [5, 5.41) is 13.3. The molecule has 0 heterocycles. The first-order chi connectivity index (χ1) is 16.9. The van der Waals surface area contributed by atoms with Crippen LogP contribution in [0.5, 0.6) is 0 Å². The molecule has 0 atom stereocenters. The summed E-state index contributed by atoms with van der Waals surface area (Å²) in [7, 11) is 0. The summed E-state index contributed by atoms with van der Waals surface area (Å²) in [4.78, 5) is 25.8. The van der Waals surface area contributed by atoms with Gasteiger partial charge in [-0.15, -0.1) is 0 Å². The van der Waals surface area contributed by atoms with Crippen molar-refractivity contribution >= 4 is 29.3 Å². The lowest BCUT2D eigenvalue weighted by atomic mass is 10.1. The lowest BCUT2D eigenvalue weighted by Crippen LogP contribution is -2.25. The molecule has 2 amide bonds. The van der Waals surface area contributed by atoms with E-state index in [9.17, 15) is 35.9 Å². The molecule has 3 rings (SSSR count). The summed E-state index contributed by atoms with van der Waals surface area (Å²) < 4.78 is 78.1. The van der Waals surface area contributed by atoms with E-state index in [0.29, 0.717) is 12.1 Å². The van der Waals surface area contributed by atoms with Gasteiger partial charge in [-0.25, -0.2) is 0 Å². The summed E-state index contributed by atoms with van der Waals surface area (Å²) in [6, 6.07) is 14.9. The number of rotatable bonds is 5. The number of amides is 2. The highest BCUT2D eigenvalue weighted by atomic mass is 19.4. The van der Waals surface area contributed by atoms with Gasteiger partial charge in [-0.3, -0.25) is 9.59 Å². The Kier molecular flexibility index (Phi) is 7.48. The molecule has 0 saturated heterocycles. The molecule has 0 aliphatic heterocycles. The Hall–Kier alpha value is -4.59. The van der Waals surface area contributed by atoms with Gasteiger partial charge in [-0.05, 0) is 60.2 Å². The quantitative estimate of drug-likeness (QED) is 0.187. The minimum absolute atomic E-state index is 0.257. The Labute approximate surface area is 200 Å². The van der Waals surface area contributed by atoms with E-state index in [1.54, 1.807) is 0 Å². The van der Waals surface area contributed by atoms with Crippen molar-refractivity contribution in [2.45, 2.75) is 12.4 Å². The molecular weight excluding hydrogens is 488 g/mol. The van der Waals surface area contributed by atoms with Crippen molar-refractivity contribution in [1.82, 2.24) is 0 Å². The molecular formula is C25H15F6N3O2. The second kappa shape index (κ2) is 10.4. The van der Waals surface area contributed by atoms with Crippen LogP contribution in [0.1, 0.15) is 22.3 Å². The molecule has 0 saturated carbocycles. The molecule has 11 heteroatoms. The molecule has 36 heavy (non-hydrogen) atoms. The van der Waals surface area contributed by atoms with E-state index in [1.165, 1.54) is 36.4 Å². The van der Waals surface area contributed by atoms with Gasteiger partial charge in [0.2, 0.25) is 0 Å². The first kappa shape index (κ1) is 26.0. The van der Waals surface area contributed by atoms with Crippen LogP contribution in [0.2, 0.25) is 0 Å². The molecule has 0 unspecified atom stereocenters. The van der Waals surface area contributed by atoms with Crippen LogP contribution in [0.3, 0.4) is 0 Å². The third-order valence-corrected chi connectivity index (χ3v) is 4.74. The van der Waals surface area contributed by atoms with Crippen molar-refractivity contribution in [2.75, 3.05) is 10.6 Å². The molecule has 5 nitrogen and oxygen atoms in total. The number of alkyl halides is 6. The summed E-state index contributed by atoms with van der Waals surface area (Å²) in [6.07, 6.45) is -8.27. The highest BCUT2D eigenvalue weighted by Crippen LogP contribution is 2.32. The third-order valence-electron chi connectivity index (χ3n) is 4.74. The van der Waals surface area contributed by atoms with Gasteiger partial charge >= 0.3 is 12.4 Å². The zero-order valence-electron chi connectivity index (χ0n) is 18.0. The summed E-state index contributed by atoms with van der Waals surface area (Å²) >= 11 is 0. The van der Waals surface area contributed by atoms with Gasteiger partial charge in [0.05, 0.1) is 22.8 Å². The van der Waals surface area contributed by atoms with Gasteiger partial charge in [0.15, 0.2) is 0 Å². The molecule has 0 aliphatic rings. The number of carbonyl (C=O) groups excluding carboxylic acids is 2. The molecule has 3 aromatic rings. The van der Waals surface area contributed by atoms with Crippen LogP contribution in [0.4, 0.5) is 37.7 Å². The van der Waals surface area contributed by atoms with E-state index in [0.717, 1.165) is 30.3 Å². The van der Waals surface area contributed by atoms with Crippen molar-refractivity contribution < 1.29 is 35.9 Å². The maximum atomic E-state index is 13.0. The van der Waals surface area contributed by atoms with Gasteiger partial charge in [0.1, 0.15) is 5.57 Å². The van der Waals surface area contributed by atoms with Crippen LogP contribution in [0, 0.1) is 11.3 Å². The smallest absolute Gasteiger partial charge is 0.322 e. The van der Waals surface area contributed by atoms with E-state index in [4.69, 9.17) is 5.26 Å². The molecule has 0 spiro atoms. The molecule has 0 bridgehead atoms. The summed E-state index contributed by atoms with van der Waals surface area (Å²) in [5.41, 5.74) is -2.62. The van der Waals surface area contributed by atoms with Gasteiger partial charge in [-0.2, -0.15) is 31.6 Å². The van der Waals surface area contributed by atoms with Crippen LogP contribution in [0.25, 0.3) is 6.08 Å². The van der Waals surface area contributed by atoms with Crippen molar-refractivity contribution in [2.24, 2.45) is 0 Å². The number of nitrogens with one attached hydrogen (secondary N) is 2. The van der Waals surface area contributed by atoms with Crippen molar-refractivity contribution in [3.05, 3.63) is 101 Å². The third kappa shape index (κ3) is 6.73. The second-order valence-corrected chi connectivity index (χ2v) is 7.36. The van der Waals surface area contributed by atoms with Gasteiger partial charge in [0.25, 0.3) is 11.8 Å². The molecule has 0 aliphatic carbocycles. The van der Waals surface area contributed by atoms with E-state index in [2.05, 4.69) is 10.6 Å². The molecule has 3 aromatic carbocycles. The topological polar surface area (TPSA) is 82.0 Å². The standard InChI is InChI=1S/C25H15F6N3O2/c26-24(27,28)17-3-1-5-19(12-17)33-22(35)21(11-15-7-9-16(14-32)10-8-15)23(36)34-20-6-2-4-18(13-20)25(29,30)31/h1-13H,(H,33,35)(H,34,36). The fourth-order valence-electron chi connectivity index (χ4n) is 3.00. The summed E-state index contributed by atoms with van der Waals surface area (Å²) in [6.45, 7) is 0. The molecule has 184 valence electrons. The van der Waals surface area contributed by atoms with Crippen LogP contribution in [0.15, 0.2) is 78.4 Å². The van der Waals surface area contributed by atoms with Crippen LogP contribution in [-0.4, -0.2) is 11.8 Å². The first-order valence-electron chi connectivity index (χ1n) is 10.1. The number of halogens is 6. The predicted molar refractivity (Wildman–Crippen MR) is 119 cm³/mol. The molecule has 0 radical (unpaired) electrons. The fourth-order valence-corrected chi connectivity index (χ4v) is 3.00. The Morgan fingerprint density at radius 2 is 1.17 bits per heavy atom. The maximum Gasteiger partial charge on any atom is 0.416 e. The zero-order chi connectivity index (χ0) is 26.5. The molecule has 0 aromatic heterocycles. The van der Waals surface area contributed by atoms with E-state index < -0.39 is 40.9 Å². The highest BCUT2D eigenvalue weighted by molar-refractivity contribution is 6.28. The number of anilines is 2. The largest absolute Gasteiger partial charge is 0.416 e. The van der Waals surface area contributed by atoms with Gasteiger partial charge in [-0.1, -0.05) is 24.3 Å². The Bertz CT molecular complexity index is 1280. The zero-order valence-corrected chi connectivity index (χ0v) is 18.0. The Morgan fingerprint density at radius 3 is 1.56 bits per heavy atom. The van der Waals surface area contributed by atoms with Crippen LogP contribution in [-0.2, 0) is 21.9 Å². The number of hydrogen-bond acceptors (Lipinski definition) is 3. The van der Waals surface area contributed by atoms with Crippen LogP contribution >= 0.6 is 0 Å². The van der Waals surface area contributed by atoms with Crippen LogP contribution < -0.4 is 10.6 Å².